The smallest absolute Gasteiger partial charge is 0.342 e. The maximum Gasteiger partial charge on any atom is 0.342 e. The summed E-state index contributed by atoms with van der Waals surface area (Å²) in [6.45, 7) is 0.183. The van der Waals surface area contributed by atoms with E-state index in [1.54, 1.807) is 19.2 Å². The third-order valence-corrected chi connectivity index (χ3v) is 2.44. The highest BCUT2D eigenvalue weighted by Crippen LogP contribution is 2.32. The summed E-state index contributed by atoms with van der Waals surface area (Å²) in [5.74, 6) is 0.793. The zero-order valence-corrected chi connectivity index (χ0v) is 9.15. The number of cyclic esters (lactones) is 1. The van der Waals surface area contributed by atoms with Gasteiger partial charge < -0.3 is 14.2 Å². The first kappa shape index (κ1) is 10.5. The second kappa shape index (κ2) is 4.26. The number of esters is 1. The Kier molecular flexibility index (Phi) is 2.81. The summed E-state index contributed by atoms with van der Waals surface area (Å²) in [6.07, 6.45) is 0. The van der Waals surface area contributed by atoms with E-state index in [0.717, 1.165) is 0 Å². The number of para-hydroxylation sites is 1. The molecule has 1 aromatic carbocycles. The Balaban J connectivity index is 2.54. The molecule has 0 fully saturated rings. The zero-order chi connectivity index (χ0) is 11.5. The van der Waals surface area contributed by atoms with E-state index in [2.05, 4.69) is 0 Å². The molecule has 0 radical (unpaired) electrons. The minimum atomic E-state index is -0.374. The molecule has 0 saturated carbocycles. The predicted octanol–water partition coefficient (Wildman–Crippen LogP) is 1.61. The molecule has 2 rings (SSSR count). The van der Waals surface area contributed by atoms with Gasteiger partial charge in [0.2, 0.25) is 0 Å². The maximum absolute atomic E-state index is 11.6. The number of carbonyl (C=O) groups is 1. The summed E-state index contributed by atoms with van der Waals surface area (Å²) < 4.78 is 15.3. The van der Waals surface area contributed by atoms with Crippen LogP contribution in [0.4, 0.5) is 0 Å². The summed E-state index contributed by atoms with van der Waals surface area (Å²) >= 11 is 0. The van der Waals surface area contributed by atoms with Crippen molar-refractivity contribution < 1.29 is 19.0 Å². The van der Waals surface area contributed by atoms with Gasteiger partial charge in [-0.25, -0.2) is 4.79 Å². The van der Waals surface area contributed by atoms with Crippen molar-refractivity contribution in [2.45, 2.75) is 0 Å². The molecular formula is C12H12O4. The Morgan fingerprint density at radius 2 is 1.94 bits per heavy atom. The van der Waals surface area contributed by atoms with E-state index < -0.39 is 0 Å². The van der Waals surface area contributed by atoms with Gasteiger partial charge in [-0.1, -0.05) is 18.2 Å². The molecular weight excluding hydrogens is 208 g/mol. The van der Waals surface area contributed by atoms with Crippen molar-refractivity contribution in [3.8, 4) is 5.75 Å². The molecule has 84 valence electrons. The molecule has 4 heteroatoms. The molecule has 0 bridgehead atoms. The van der Waals surface area contributed by atoms with E-state index in [4.69, 9.17) is 14.2 Å². The van der Waals surface area contributed by atoms with Crippen molar-refractivity contribution in [3.05, 3.63) is 35.6 Å². The Labute approximate surface area is 93.4 Å². The number of hydrogen-bond donors (Lipinski definition) is 0. The Morgan fingerprint density at radius 3 is 2.62 bits per heavy atom. The number of benzene rings is 1. The van der Waals surface area contributed by atoms with Gasteiger partial charge in [-0.3, -0.25) is 0 Å². The number of methoxy groups -OCH3 is 2. The van der Waals surface area contributed by atoms with Gasteiger partial charge in [0.1, 0.15) is 23.7 Å². The fourth-order valence-corrected chi connectivity index (χ4v) is 1.66. The van der Waals surface area contributed by atoms with Crippen LogP contribution in [0.1, 0.15) is 5.56 Å². The Hall–Kier alpha value is -1.97. The number of rotatable bonds is 3. The Morgan fingerprint density at radius 1 is 1.19 bits per heavy atom. The van der Waals surface area contributed by atoms with Crippen molar-refractivity contribution in [2.24, 2.45) is 0 Å². The molecule has 0 spiro atoms. The van der Waals surface area contributed by atoms with Crippen LogP contribution in [0.25, 0.3) is 5.57 Å². The first-order valence-corrected chi connectivity index (χ1v) is 4.85. The minimum absolute atomic E-state index is 0.183. The van der Waals surface area contributed by atoms with E-state index in [1.807, 2.05) is 12.1 Å². The van der Waals surface area contributed by atoms with Crippen molar-refractivity contribution in [1.29, 1.82) is 0 Å². The summed E-state index contributed by atoms with van der Waals surface area (Å²) in [5.41, 5.74) is 1.14. The summed E-state index contributed by atoms with van der Waals surface area (Å²) in [7, 11) is 3.08. The highest BCUT2D eigenvalue weighted by atomic mass is 16.6. The van der Waals surface area contributed by atoms with Crippen molar-refractivity contribution in [1.82, 2.24) is 0 Å². The normalized spacial score (nSPS) is 15.0. The topological polar surface area (TPSA) is 44.8 Å². The molecule has 0 aromatic heterocycles. The number of carbonyl (C=O) groups excluding carboxylic acids is 1. The van der Waals surface area contributed by atoms with Crippen LogP contribution in [0, 0.1) is 0 Å². The lowest BCUT2D eigenvalue weighted by atomic mass is 10.0. The van der Waals surface area contributed by atoms with E-state index in [9.17, 15) is 4.79 Å². The van der Waals surface area contributed by atoms with Crippen LogP contribution in [0.2, 0.25) is 0 Å². The minimum Gasteiger partial charge on any atom is -0.497 e. The van der Waals surface area contributed by atoms with Crippen LogP contribution in [-0.4, -0.2) is 26.8 Å². The van der Waals surface area contributed by atoms with Gasteiger partial charge in [0.15, 0.2) is 0 Å². The van der Waals surface area contributed by atoms with Crippen LogP contribution < -0.4 is 4.74 Å². The van der Waals surface area contributed by atoms with Gasteiger partial charge in [-0.2, -0.15) is 0 Å². The SMILES string of the molecule is COC1=C(c2ccccc2OC)C(=O)OC1. The summed E-state index contributed by atoms with van der Waals surface area (Å²) in [4.78, 5) is 11.6. The molecule has 0 atom stereocenters. The van der Waals surface area contributed by atoms with Crippen LogP contribution in [-0.2, 0) is 14.3 Å². The van der Waals surface area contributed by atoms with E-state index in [1.165, 1.54) is 7.11 Å². The van der Waals surface area contributed by atoms with E-state index in [-0.39, 0.29) is 12.6 Å². The maximum atomic E-state index is 11.6. The molecule has 0 N–H and O–H groups in total. The predicted molar refractivity (Wildman–Crippen MR) is 57.9 cm³/mol. The highest BCUT2D eigenvalue weighted by Gasteiger charge is 2.29. The number of hydrogen-bond acceptors (Lipinski definition) is 4. The lowest BCUT2D eigenvalue weighted by Crippen LogP contribution is -2.00. The first-order valence-electron chi connectivity index (χ1n) is 4.85. The van der Waals surface area contributed by atoms with Crippen molar-refractivity contribution in [3.63, 3.8) is 0 Å². The van der Waals surface area contributed by atoms with Gasteiger partial charge in [0, 0.05) is 5.56 Å². The molecule has 0 saturated heterocycles. The van der Waals surface area contributed by atoms with Crippen molar-refractivity contribution in [2.75, 3.05) is 20.8 Å². The average Bonchev–Trinajstić information content (AvgIpc) is 2.70. The molecule has 1 aliphatic heterocycles. The van der Waals surface area contributed by atoms with Gasteiger partial charge in [0.05, 0.1) is 14.2 Å². The molecule has 1 aromatic rings. The largest absolute Gasteiger partial charge is 0.497 e. The lowest BCUT2D eigenvalue weighted by Gasteiger charge is -2.07. The van der Waals surface area contributed by atoms with Crippen LogP contribution >= 0.6 is 0 Å². The fraction of sp³-hybridized carbons (Fsp3) is 0.250. The third-order valence-electron chi connectivity index (χ3n) is 2.44. The lowest BCUT2D eigenvalue weighted by molar-refractivity contribution is -0.134. The third kappa shape index (κ3) is 1.62. The van der Waals surface area contributed by atoms with Gasteiger partial charge in [-0.05, 0) is 6.07 Å². The molecule has 1 heterocycles. The standard InChI is InChI=1S/C12H12O4/c1-14-9-6-4-3-5-8(9)11-10(15-2)7-16-12(11)13/h3-6H,7H2,1-2H3. The van der Waals surface area contributed by atoms with Crippen LogP contribution in [0.15, 0.2) is 30.0 Å². The van der Waals surface area contributed by atoms with Crippen LogP contribution in [0.3, 0.4) is 0 Å². The van der Waals surface area contributed by atoms with Crippen LogP contribution in [0.5, 0.6) is 5.75 Å². The quantitative estimate of drug-likeness (QED) is 0.726. The molecule has 0 unspecified atom stereocenters. The molecule has 4 nitrogen and oxygen atoms in total. The van der Waals surface area contributed by atoms with Gasteiger partial charge >= 0.3 is 5.97 Å². The second-order valence-corrected chi connectivity index (χ2v) is 3.28. The summed E-state index contributed by atoms with van der Waals surface area (Å²) in [6, 6.07) is 7.28. The van der Waals surface area contributed by atoms with E-state index in [0.29, 0.717) is 22.6 Å². The second-order valence-electron chi connectivity index (χ2n) is 3.28. The van der Waals surface area contributed by atoms with Gasteiger partial charge in [0.25, 0.3) is 0 Å². The zero-order valence-electron chi connectivity index (χ0n) is 9.15. The highest BCUT2D eigenvalue weighted by molar-refractivity contribution is 6.19. The molecule has 0 aliphatic carbocycles. The summed E-state index contributed by atoms with van der Waals surface area (Å²) in [5, 5.41) is 0. The van der Waals surface area contributed by atoms with Crippen molar-refractivity contribution >= 4 is 11.5 Å². The molecule has 0 amide bonds. The van der Waals surface area contributed by atoms with E-state index >= 15 is 0 Å². The monoisotopic (exact) mass is 220 g/mol. The fourth-order valence-electron chi connectivity index (χ4n) is 1.66. The Bertz CT molecular complexity index is 448. The molecule has 1 aliphatic rings. The average molecular weight is 220 g/mol. The number of ether oxygens (including phenoxy) is 3. The van der Waals surface area contributed by atoms with Gasteiger partial charge in [-0.15, -0.1) is 0 Å². The molecule has 16 heavy (non-hydrogen) atoms. The first-order chi connectivity index (χ1) is 7.77.